The lowest BCUT2D eigenvalue weighted by molar-refractivity contribution is 0.0644. The number of benzene rings is 1. The molecule has 0 saturated heterocycles. The molecule has 0 N–H and O–H groups in total. The van der Waals surface area contributed by atoms with Crippen LogP contribution in [0, 0.1) is 0 Å². The van der Waals surface area contributed by atoms with E-state index in [2.05, 4.69) is 15.9 Å². The molecule has 0 amide bonds. The van der Waals surface area contributed by atoms with Crippen LogP contribution in [0.1, 0.15) is 6.42 Å². The molecule has 4 heteroatoms. The van der Waals surface area contributed by atoms with Crippen molar-refractivity contribution in [1.29, 1.82) is 0 Å². The average Bonchev–Trinajstić information content (AvgIpc) is 2.30. The zero-order valence-electron chi connectivity index (χ0n) is 9.45. The molecule has 1 rings (SSSR count). The lowest BCUT2D eigenvalue weighted by Gasteiger charge is -2.06. The van der Waals surface area contributed by atoms with Crippen LogP contribution < -0.4 is 4.74 Å². The number of halogens is 1. The van der Waals surface area contributed by atoms with Gasteiger partial charge in [-0.05, 0) is 24.3 Å². The molecule has 0 unspecified atom stereocenters. The van der Waals surface area contributed by atoms with Gasteiger partial charge in [-0.2, -0.15) is 0 Å². The maximum Gasteiger partial charge on any atom is 0.119 e. The van der Waals surface area contributed by atoms with E-state index in [9.17, 15) is 0 Å². The Bertz CT molecular complexity index is 274. The Hall–Kier alpha value is -0.580. The monoisotopic (exact) mass is 288 g/mol. The van der Waals surface area contributed by atoms with Crippen molar-refractivity contribution in [2.24, 2.45) is 0 Å². The molecule has 0 heterocycles. The molecule has 0 fully saturated rings. The number of hydrogen-bond donors (Lipinski definition) is 0. The molecular weight excluding hydrogens is 272 g/mol. The van der Waals surface area contributed by atoms with Crippen molar-refractivity contribution in [3.05, 3.63) is 28.7 Å². The number of methoxy groups -OCH3 is 1. The Labute approximate surface area is 105 Å². The lowest BCUT2D eigenvalue weighted by Crippen LogP contribution is -2.06. The van der Waals surface area contributed by atoms with Gasteiger partial charge in [0.15, 0.2) is 0 Å². The molecule has 90 valence electrons. The van der Waals surface area contributed by atoms with E-state index in [1.54, 1.807) is 7.11 Å². The summed E-state index contributed by atoms with van der Waals surface area (Å²) < 4.78 is 16.8. The Kier molecular flexibility index (Phi) is 7.21. The van der Waals surface area contributed by atoms with Gasteiger partial charge in [-0.3, -0.25) is 0 Å². The highest BCUT2D eigenvalue weighted by molar-refractivity contribution is 9.10. The largest absolute Gasteiger partial charge is 0.494 e. The Morgan fingerprint density at radius 1 is 1.00 bits per heavy atom. The molecule has 1 aromatic rings. The maximum absolute atomic E-state index is 5.54. The van der Waals surface area contributed by atoms with Gasteiger partial charge >= 0.3 is 0 Å². The van der Waals surface area contributed by atoms with E-state index in [-0.39, 0.29) is 0 Å². The summed E-state index contributed by atoms with van der Waals surface area (Å²) in [6, 6.07) is 7.81. The molecule has 0 aliphatic rings. The van der Waals surface area contributed by atoms with E-state index in [1.807, 2.05) is 24.3 Å². The Morgan fingerprint density at radius 3 is 2.44 bits per heavy atom. The van der Waals surface area contributed by atoms with Gasteiger partial charge in [0.05, 0.1) is 19.8 Å². The van der Waals surface area contributed by atoms with Gasteiger partial charge in [0.25, 0.3) is 0 Å². The summed E-state index contributed by atoms with van der Waals surface area (Å²) in [5.41, 5.74) is 0. The predicted octanol–water partition coefficient (Wildman–Crippen LogP) is 2.88. The third-order valence-electron chi connectivity index (χ3n) is 1.95. The van der Waals surface area contributed by atoms with Crippen LogP contribution >= 0.6 is 15.9 Å². The fourth-order valence-electron chi connectivity index (χ4n) is 1.13. The van der Waals surface area contributed by atoms with Crippen molar-refractivity contribution >= 4 is 15.9 Å². The first-order valence-corrected chi connectivity index (χ1v) is 6.07. The van der Waals surface area contributed by atoms with Crippen LogP contribution in [0.25, 0.3) is 0 Å². The summed E-state index contributed by atoms with van der Waals surface area (Å²) in [7, 11) is 1.67. The molecule has 0 spiro atoms. The second-order valence-corrected chi connectivity index (χ2v) is 4.18. The minimum absolute atomic E-state index is 0.646. The summed E-state index contributed by atoms with van der Waals surface area (Å²) in [5, 5.41) is 0. The van der Waals surface area contributed by atoms with Crippen LogP contribution in [0.4, 0.5) is 0 Å². The minimum atomic E-state index is 0.646. The second-order valence-electron chi connectivity index (χ2n) is 3.26. The lowest BCUT2D eigenvalue weighted by atomic mass is 10.3. The number of hydrogen-bond acceptors (Lipinski definition) is 3. The summed E-state index contributed by atoms with van der Waals surface area (Å²) in [6.45, 7) is 2.68. The molecule has 0 radical (unpaired) electrons. The zero-order chi connectivity index (χ0) is 11.6. The van der Waals surface area contributed by atoms with Gasteiger partial charge in [0.2, 0.25) is 0 Å². The van der Waals surface area contributed by atoms with Crippen LogP contribution in [0.5, 0.6) is 5.75 Å². The minimum Gasteiger partial charge on any atom is -0.494 e. The van der Waals surface area contributed by atoms with Gasteiger partial charge in [-0.1, -0.05) is 15.9 Å². The molecular formula is C12H17BrO3. The first-order valence-electron chi connectivity index (χ1n) is 5.28. The first-order chi connectivity index (χ1) is 7.83. The highest BCUT2D eigenvalue weighted by Gasteiger charge is 1.94. The Balaban J connectivity index is 2.01. The van der Waals surface area contributed by atoms with Crippen molar-refractivity contribution in [3.8, 4) is 5.75 Å². The van der Waals surface area contributed by atoms with Gasteiger partial charge in [0.1, 0.15) is 5.75 Å². The fourth-order valence-corrected chi connectivity index (χ4v) is 1.39. The van der Waals surface area contributed by atoms with Crippen LogP contribution in [-0.2, 0) is 9.47 Å². The fraction of sp³-hybridized carbons (Fsp3) is 0.500. The Morgan fingerprint density at radius 2 is 1.75 bits per heavy atom. The number of rotatable bonds is 8. The molecule has 3 nitrogen and oxygen atoms in total. The second kappa shape index (κ2) is 8.56. The van der Waals surface area contributed by atoms with E-state index in [0.717, 1.165) is 16.6 Å². The molecule has 0 bridgehead atoms. The molecule has 0 aliphatic carbocycles. The van der Waals surface area contributed by atoms with Gasteiger partial charge in [0, 0.05) is 24.6 Å². The SMILES string of the molecule is COCCOCCCOc1ccc(Br)cc1. The first kappa shape index (κ1) is 13.5. The molecule has 1 aromatic carbocycles. The molecule has 0 aliphatic heterocycles. The predicted molar refractivity (Wildman–Crippen MR) is 66.9 cm³/mol. The van der Waals surface area contributed by atoms with E-state index in [0.29, 0.717) is 26.4 Å². The van der Waals surface area contributed by atoms with Gasteiger partial charge in [-0.25, -0.2) is 0 Å². The smallest absolute Gasteiger partial charge is 0.119 e. The van der Waals surface area contributed by atoms with Gasteiger partial charge < -0.3 is 14.2 Å². The van der Waals surface area contributed by atoms with E-state index >= 15 is 0 Å². The van der Waals surface area contributed by atoms with Crippen molar-refractivity contribution in [2.75, 3.05) is 33.5 Å². The zero-order valence-corrected chi connectivity index (χ0v) is 11.0. The van der Waals surface area contributed by atoms with Gasteiger partial charge in [-0.15, -0.1) is 0 Å². The summed E-state index contributed by atoms with van der Waals surface area (Å²) in [4.78, 5) is 0. The quantitative estimate of drug-likeness (QED) is 0.689. The molecule has 0 atom stereocenters. The molecule has 0 aromatic heterocycles. The summed E-state index contributed by atoms with van der Waals surface area (Å²) in [6.07, 6.45) is 0.889. The molecule has 0 saturated carbocycles. The van der Waals surface area contributed by atoms with Crippen molar-refractivity contribution in [1.82, 2.24) is 0 Å². The highest BCUT2D eigenvalue weighted by atomic mass is 79.9. The third kappa shape index (κ3) is 6.10. The molecule has 16 heavy (non-hydrogen) atoms. The highest BCUT2D eigenvalue weighted by Crippen LogP contribution is 2.15. The third-order valence-corrected chi connectivity index (χ3v) is 2.48. The van der Waals surface area contributed by atoms with Crippen LogP contribution in [0.15, 0.2) is 28.7 Å². The standard InChI is InChI=1S/C12H17BrO3/c1-14-9-10-15-7-2-8-16-12-5-3-11(13)4-6-12/h3-6H,2,7-10H2,1H3. The topological polar surface area (TPSA) is 27.7 Å². The normalized spacial score (nSPS) is 10.4. The van der Waals surface area contributed by atoms with Crippen molar-refractivity contribution in [3.63, 3.8) is 0 Å². The van der Waals surface area contributed by atoms with Crippen molar-refractivity contribution < 1.29 is 14.2 Å². The van der Waals surface area contributed by atoms with E-state index in [4.69, 9.17) is 14.2 Å². The summed E-state index contributed by atoms with van der Waals surface area (Å²) >= 11 is 3.38. The van der Waals surface area contributed by atoms with Crippen molar-refractivity contribution in [2.45, 2.75) is 6.42 Å². The van der Waals surface area contributed by atoms with Crippen LogP contribution in [0.2, 0.25) is 0 Å². The van der Waals surface area contributed by atoms with Crippen LogP contribution in [-0.4, -0.2) is 33.5 Å². The summed E-state index contributed by atoms with van der Waals surface area (Å²) in [5.74, 6) is 0.889. The average molecular weight is 289 g/mol. The number of ether oxygens (including phenoxy) is 3. The van der Waals surface area contributed by atoms with E-state index in [1.165, 1.54) is 0 Å². The maximum atomic E-state index is 5.54. The van der Waals surface area contributed by atoms with Crippen LogP contribution in [0.3, 0.4) is 0 Å². The van der Waals surface area contributed by atoms with E-state index < -0.39 is 0 Å².